The topological polar surface area (TPSA) is 79.5 Å². The summed E-state index contributed by atoms with van der Waals surface area (Å²) in [6, 6.07) is -0.723. The van der Waals surface area contributed by atoms with Crippen molar-refractivity contribution in [3.63, 3.8) is 0 Å². The normalized spacial score (nSPS) is 14.3. The van der Waals surface area contributed by atoms with E-state index in [0.717, 1.165) is 0 Å². The van der Waals surface area contributed by atoms with Gasteiger partial charge >= 0.3 is 5.97 Å². The largest absolute Gasteiger partial charge is 0.480 e. The fraction of sp³-hybridized carbons (Fsp3) is 0.667. The summed E-state index contributed by atoms with van der Waals surface area (Å²) in [7, 11) is 1.73. The lowest BCUT2D eigenvalue weighted by atomic mass is 9.95. The van der Waals surface area contributed by atoms with E-state index in [-0.39, 0.29) is 11.3 Å². The number of nitrogens with zero attached hydrogens (tertiary/aromatic N) is 3. The highest BCUT2D eigenvalue weighted by Gasteiger charge is 2.23. The molecule has 0 unspecified atom stereocenters. The lowest BCUT2D eigenvalue weighted by Gasteiger charge is -2.21. The minimum atomic E-state index is -0.901. The molecule has 1 aromatic rings. The maximum Gasteiger partial charge on any atom is 0.324 e. The predicted octanol–water partition coefficient (Wildman–Crippen LogP) is 2.68. The van der Waals surface area contributed by atoms with Crippen LogP contribution in [0.15, 0.2) is 16.7 Å². The number of allylic oxidation sites excluding steroid dienone is 1. The molecule has 0 spiro atoms. The highest BCUT2D eigenvalue weighted by atomic mass is 16.5. The Kier molecular flexibility index (Phi) is 5.66. The van der Waals surface area contributed by atoms with E-state index in [1.54, 1.807) is 18.0 Å². The summed E-state index contributed by atoms with van der Waals surface area (Å²) >= 11 is 0. The number of carboxylic acid groups (broad SMARTS) is 1. The summed E-state index contributed by atoms with van der Waals surface area (Å²) in [6.07, 6.45) is 3.59. The SMILES string of the molecule is CC(C)c1noc(CN(C)[C@@H](/C=C/C(C)(C)C)C(=O)O)n1. The Morgan fingerprint density at radius 3 is 2.48 bits per heavy atom. The van der Waals surface area contributed by atoms with Crippen LogP contribution in [0.5, 0.6) is 0 Å². The van der Waals surface area contributed by atoms with Crippen molar-refractivity contribution >= 4 is 5.97 Å². The first kappa shape index (κ1) is 17.4. The summed E-state index contributed by atoms with van der Waals surface area (Å²) in [6.45, 7) is 10.3. The van der Waals surface area contributed by atoms with Gasteiger partial charge in [-0.05, 0) is 12.5 Å². The average molecular weight is 295 g/mol. The third-order valence-electron chi connectivity index (χ3n) is 2.89. The number of rotatable bonds is 6. The van der Waals surface area contributed by atoms with Crippen molar-refractivity contribution in [2.75, 3.05) is 7.05 Å². The second kappa shape index (κ2) is 6.85. The van der Waals surface area contributed by atoms with Crippen molar-refractivity contribution in [3.05, 3.63) is 23.9 Å². The third-order valence-corrected chi connectivity index (χ3v) is 2.89. The first-order valence-corrected chi connectivity index (χ1v) is 7.05. The van der Waals surface area contributed by atoms with Crippen molar-refractivity contribution in [3.8, 4) is 0 Å². The number of likely N-dealkylation sites (N-methyl/N-ethyl adjacent to an activating group) is 1. The molecular weight excluding hydrogens is 270 g/mol. The molecule has 0 bridgehead atoms. The second-order valence-corrected chi connectivity index (χ2v) is 6.62. The molecule has 0 aliphatic carbocycles. The molecule has 0 aliphatic heterocycles. The molecule has 0 fully saturated rings. The predicted molar refractivity (Wildman–Crippen MR) is 79.9 cm³/mol. The number of aromatic nitrogens is 2. The standard InChI is InChI=1S/C15H25N3O3/c1-10(2)13-16-12(21-17-13)9-18(6)11(14(19)20)7-8-15(3,4)5/h7-8,10-11H,9H2,1-6H3,(H,19,20)/b8-7+/t11-/m0/s1. The second-order valence-electron chi connectivity index (χ2n) is 6.62. The van der Waals surface area contributed by atoms with Crippen LogP contribution < -0.4 is 0 Å². The summed E-state index contributed by atoms with van der Waals surface area (Å²) in [5.41, 5.74) is -0.0656. The van der Waals surface area contributed by atoms with E-state index in [0.29, 0.717) is 18.3 Å². The summed E-state index contributed by atoms with van der Waals surface area (Å²) in [5.74, 6) is 0.345. The molecule has 0 saturated heterocycles. The van der Waals surface area contributed by atoms with E-state index >= 15 is 0 Å². The Bertz CT molecular complexity index is 501. The Morgan fingerprint density at radius 1 is 1.43 bits per heavy atom. The van der Waals surface area contributed by atoms with Gasteiger partial charge < -0.3 is 9.63 Å². The molecule has 1 aromatic heterocycles. The Labute approximate surface area is 125 Å². The maximum absolute atomic E-state index is 11.4. The van der Waals surface area contributed by atoms with Gasteiger partial charge in [-0.25, -0.2) is 0 Å². The van der Waals surface area contributed by atoms with Gasteiger partial charge in [0.2, 0.25) is 5.89 Å². The zero-order valence-corrected chi connectivity index (χ0v) is 13.6. The zero-order chi connectivity index (χ0) is 16.2. The number of hydrogen-bond acceptors (Lipinski definition) is 5. The van der Waals surface area contributed by atoms with Crippen molar-refractivity contribution < 1.29 is 14.4 Å². The fourth-order valence-corrected chi connectivity index (χ4v) is 1.68. The van der Waals surface area contributed by atoms with Gasteiger partial charge in [0.1, 0.15) is 6.04 Å². The van der Waals surface area contributed by atoms with E-state index in [2.05, 4.69) is 10.1 Å². The Hall–Kier alpha value is -1.69. The van der Waals surface area contributed by atoms with Crippen LogP contribution in [-0.2, 0) is 11.3 Å². The van der Waals surface area contributed by atoms with Crippen LogP contribution in [0.25, 0.3) is 0 Å². The van der Waals surface area contributed by atoms with Crippen LogP contribution in [0.2, 0.25) is 0 Å². The molecule has 1 heterocycles. The molecule has 0 saturated carbocycles. The van der Waals surface area contributed by atoms with Gasteiger partial charge in [-0.15, -0.1) is 0 Å². The van der Waals surface area contributed by atoms with Gasteiger partial charge in [-0.2, -0.15) is 4.98 Å². The Morgan fingerprint density at radius 2 is 2.05 bits per heavy atom. The summed E-state index contributed by atoms with van der Waals surface area (Å²) in [5, 5.41) is 13.2. The molecule has 0 amide bonds. The van der Waals surface area contributed by atoms with Crippen LogP contribution in [0.3, 0.4) is 0 Å². The van der Waals surface area contributed by atoms with Crippen LogP contribution in [0.1, 0.15) is 52.3 Å². The summed E-state index contributed by atoms with van der Waals surface area (Å²) in [4.78, 5) is 17.3. The highest BCUT2D eigenvalue weighted by Crippen LogP contribution is 2.17. The number of hydrogen-bond donors (Lipinski definition) is 1. The molecule has 118 valence electrons. The van der Waals surface area contributed by atoms with E-state index in [9.17, 15) is 9.90 Å². The minimum Gasteiger partial charge on any atom is -0.480 e. The molecule has 6 heteroatoms. The lowest BCUT2D eigenvalue weighted by molar-refractivity contribution is -0.141. The van der Waals surface area contributed by atoms with Gasteiger partial charge in [-0.1, -0.05) is 51.9 Å². The molecule has 21 heavy (non-hydrogen) atoms. The zero-order valence-electron chi connectivity index (χ0n) is 13.6. The fourth-order valence-electron chi connectivity index (χ4n) is 1.68. The molecule has 1 N–H and O–H groups in total. The van der Waals surface area contributed by atoms with Gasteiger partial charge in [0.25, 0.3) is 0 Å². The minimum absolute atomic E-state index is 0.0656. The third kappa shape index (κ3) is 5.67. The van der Waals surface area contributed by atoms with Crippen LogP contribution in [0.4, 0.5) is 0 Å². The first-order valence-electron chi connectivity index (χ1n) is 7.05. The van der Waals surface area contributed by atoms with Crippen LogP contribution >= 0.6 is 0 Å². The molecule has 0 radical (unpaired) electrons. The van der Waals surface area contributed by atoms with Gasteiger partial charge in [0.15, 0.2) is 5.82 Å². The number of aliphatic carboxylic acids is 1. The van der Waals surface area contributed by atoms with Crippen LogP contribution in [-0.4, -0.2) is 39.2 Å². The first-order chi connectivity index (χ1) is 9.60. The van der Waals surface area contributed by atoms with Gasteiger partial charge in [-0.3, -0.25) is 9.69 Å². The monoisotopic (exact) mass is 295 g/mol. The van der Waals surface area contributed by atoms with E-state index in [1.807, 2.05) is 40.7 Å². The molecule has 0 aliphatic rings. The maximum atomic E-state index is 11.4. The smallest absolute Gasteiger partial charge is 0.324 e. The number of carbonyl (C=O) groups is 1. The van der Waals surface area contributed by atoms with E-state index in [4.69, 9.17) is 4.52 Å². The summed E-state index contributed by atoms with van der Waals surface area (Å²) < 4.78 is 5.15. The highest BCUT2D eigenvalue weighted by molar-refractivity contribution is 5.75. The molecule has 6 nitrogen and oxygen atoms in total. The molecular formula is C15H25N3O3. The van der Waals surface area contributed by atoms with Crippen LogP contribution in [0, 0.1) is 5.41 Å². The lowest BCUT2D eigenvalue weighted by Crippen LogP contribution is -2.36. The van der Waals surface area contributed by atoms with Gasteiger partial charge in [0.05, 0.1) is 6.54 Å². The average Bonchev–Trinajstić information content (AvgIpc) is 2.75. The Balaban J connectivity index is 2.79. The van der Waals surface area contributed by atoms with Gasteiger partial charge in [0, 0.05) is 5.92 Å². The van der Waals surface area contributed by atoms with Crippen molar-refractivity contribution in [2.24, 2.45) is 5.41 Å². The van der Waals surface area contributed by atoms with Crippen molar-refractivity contribution in [1.29, 1.82) is 0 Å². The molecule has 0 aromatic carbocycles. The quantitative estimate of drug-likeness (QED) is 0.813. The van der Waals surface area contributed by atoms with Crippen molar-refractivity contribution in [1.82, 2.24) is 15.0 Å². The molecule has 1 atom stereocenters. The number of carboxylic acids is 1. The van der Waals surface area contributed by atoms with Crippen molar-refractivity contribution in [2.45, 2.75) is 53.1 Å². The van der Waals surface area contributed by atoms with E-state index in [1.165, 1.54) is 0 Å². The molecule has 1 rings (SSSR count). The van der Waals surface area contributed by atoms with E-state index < -0.39 is 12.0 Å².